The number of hydrogen-bond donors (Lipinski definition) is 2. The van der Waals surface area contributed by atoms with E-state index in [-0.39, 0.29) is 24.2 Å². The van der Waals surface area contributed by atoms with Gasteiger partial charge >= 0.3 is 0 Å². The van der Waals surface area contributed by atoms with E-state index in [0.29, 0.717) is 25.9 Å². The molecule has 1 amide bonds. The van der Waals surface area contributed by atoms with Gasteiger partial charge in [-0.1, -0.05) is 6.07 Å². The molecule has 1 aromatic heterocycles. The molecule has 3 fully saturated rings. The third-order valence-corrected chi connectivity index (χ3v) is 9.13. The number of carbonyl (C=O) groups excluding carboxylic acids is 1. The Hall–Kier alpha value is -2.38. The number of aryl methyl sites for hydroxylation is 3. The van der Waals surface area contributed by atoms with Gasteiger partial charge in [-0.05, 0) is 102 Å². The van der Waals surface area contributed by atoms with Crippen molar-refractivity contribution in [2.24, 2.45) is 5.92 Å². The summed E-state index contributed by atoms with van der Waals surface area (Å²) < 4.78 is 1.78. The number of carbonyl (C=O) groups is 1. The van der Waals surface area contributed by atoms with Crippen LogP contribution in [-0.4, -0.2) is 73.5 Å². The summed E-state index contributed by atoms with van der Waals surface area (Å²) in [6.45, 7) is 11.5. The van der Waals surface area contributed by atoms with Gasteiger partial charge in [-0.25, -0.2) is 0 Å². The summed E-state index contributed by atoms with van der Waals surface area (Å²) in [5.41, 5.74) is 2.51. The topological polar surface area (TPSA) is 81.8 Å². The maximum atomic E-state index is 13.4. The van der Waals surface area contributed by atoms with Crippen LogP contribution in [0.3, 0.4) is 0 Å². The van der Waals surface area contributed by atoms with Crippen molar-refractivity contribution in [2.45, 2.75) is 83.4 Å². The zero-order valence-electron chi connectivity index (χ0n) is 21.6. The van der Waals surface area contributed by atoms with Crippen LogP contribution in [0.4, 0.5) is 0 Å². The summed E-state index contributed by atoms with van der Waals surface area (Å²) in [6.07, 6.45) is 4.59. The number of phenolic OH excluding ortho intramolecular Hbond substituents is 1. The van der Waals surface area contributed by atoms with Crippen LogP contribution in [-0.2, 0) is 16.8 Å². The second-order valence-electron chi connectivity index (χ2n) is 11.3. The Morgan fingerprint density at radius 3 is 2.49 bits per heavy atom. The van der Waals surface area contributed by atoms with Crippen LogP contribution >= 0.6 is 0 Å². The average molecular weight is 481 g/mol. The second-order valence-corrected chi connectivity index (χ2v) is 11.3. The molecule has 7 nitrogen and oxygen atoms in total. The van der Waals surface area contributed by atoms with E-state index in [0.717, 1.165) is 47.9 Å². The van der Waals surface area contributed by atoms with Crippen LogP contribution in [0.1, 0.15) is 61.5 Å². The lowest BCUT2D eigenvalue weighted by atomic mass is 9.57. The van der Waals surface area contributed by atoms with Crippen molar-refractivity contribution in [2.75, 3.05) is 26.2 Å². The molecule has 1 aliphatic carbocycles. The lowest BCUT2D eigenvalue weighted by Crippen LogP contribution is -2.68. The van der Waals surface area contributed by atoms with Gasteiger partial charge < -0.3 is 15.1 Å². The van der Waals surface area contributed by atoms with Gasteiger partial charge in [0, 0.05) is 36.8 Å². The zero-order chi connectivity index (χ0) is 25.0. The minimum absolute atomic E-state index is 0.0235. The van der Waals surface area contributed by atoms with Gasteiger partial charge in [-0.2, -0.15) is 5.10 Å². The fourth-order valence-corrected chi connectivity index (χ4v) is 6.80. The molecule has 3 aliphatic rings. The first-order valence-electron chi connectivity index (χ1n) is 13.2. The van der Waals surface area contributed by atoms with Crippen molar-refractivity contribution in [1.29, 1.82) is 0 Å². The van der Waals surface area contributed by atoms with E-state index in [9.17, 15) is 15.0 Å². The summed E-state index contributed by atoms with van der Waals surface area (Å²) in [5, 5.41) is 27.5. The Balaban J connectivity index is 1.48. The van der Waals surface area contributed by atoms with Crippen LogP contribution in [0, 0.1) is 26.7 Å². The maximum Gasteiger partial charge on any atom is 0.244 e. The Labute approximate surface area is 208 Å². The molecule has 2 saturated heterocycles. The fraction of sp³-hybridized carbons (Fsp3) is 0.643. The molecule has 2 N–H and O–H groups in total. The minimum Gasteiger partial charge on any atom is -0.508 e. The van der Waals surface area contributed by atoms with Crippen LogP contribution in [0.5, 0.6) is 5.75 Å². The molecule has 1 aromatic carbocycles. The molecule has 1 saturated carbocycles. The Morgan fingerprint density at radius 1 is 1.09 bits per heavy atom. The maximum absolute atomic E-state index is 13.4. The first kappa shape index (κ1) is 24.3. The number of nitrogens with zero attached hydrogens (tertiary/aromatic N) is 4. The minimum atomic E-state index is -0.994. The second kappa shape index (κ2) is 8.93. The number of amides is 1. The Morgan fingerprint density at radius 2 is 1.80 bits per heavy atom. The molecule has 2 aliphatic heterocycles. The van der Waals surface area contributed by atoms with E-state index in [1.54, 1.807) is 10.7 Å². The largest absolute Gasteiger partial charge is 0.508 e. The molecule has 0 spiro atoms. The number of aliphatic hydroxyl groups is 1. The summed E-state index contributed by atoms with van der Waals surface area (Å²) in [4.78, 5) is 17.8. The number of phenols is 1. The third kappa shape index (κ3) is 4.27. The quantitative estimate of drug-likeness (QED) is 0.686. The van der Waals surface area contributed by atoms with Gasteiger partial charge in [0.2, 0.25) is 5.91 Å². The molecule has 2 aromatic rings. The fourth-order valence-electron chi connectivity index (χ4n) is 6.80. The summed E-state index contributed by atoms with van der Waals surface area (Å²) in [7, 11) is 0. The molecule has 35 heavy (non-hydrogen) atoms. The number of aromatic nitrogens is 2. The van der Waals surface area contributed by atoms with E-state index in [1.807, 2.05) is 36.9 Å². The van der Waals surface area contributed by atoms with Gasteiger partial charge in [0.15, 0.2) is 0 Å². The van der Waals surface area contributed by atoms with Gasteiger partial charge in [-0.15, -0.1) is 0 Å². The molecular weight excluding hydrogens is 440 g/mol. The highest BCUT2D eigenvalue weighted by molar-refractivity contribution is 5.76. The lowest BCUT2D eigenvalue weighted by molar-refractivity contribution is -0.137. The molecule has 5 rings (SSSR count). The highest BCUT2D eigenvalue weighted by atomic mass is 16.3. The van der Waals surface area contributed by atoms with Crippen molar-refractivity contribution in [3.05, 3.63) is 46.8 Å². The third-order valence-electron chi connectivity index (χ3n) is 9.13. The van der Waals surface area contributed by atoms with Crippen molar-refractivity contribution in [3.8, 4) is 5.75 Å². The van der Waals surface area contributed by atoms with Crippen molar-refractivity contribution in [1.82, 2.24) is 19.6 Å². The molecule has 3 unspecified atom stereocenters. The number of rotatable bonds is 5. The van der Waals surface area contributed by atoms with Crippen molar-refractivity contribution >= 4 is 5.91 Å². The van der Waals surface area contributed by atoms with Gasteiger partial charge in [0.05, 0.1) is 11.3 Å². The summed E-state index contributed by atoms with van der Waals surface area (Å²) >= 11 is 0. The van der Waals surface area contributed by atoms with Crippen LogP contribution in [0.2, 0.25) is 0 Å². The molecule has 0 radical (unpaired) electrons. The van der Waals surface area contributed by atoms with E-state index in [4.69, 9.17) is 0 Å². The Bertz CT molecular complexity index is 1110. The predicted molar refractivity (Wildman–Crippen MR) is 135 cm³/mol. The molecular formula is C28H40N4O3. The summed E-state index contributed by atoms with van der Waals surface area (Å²) in [6, 6.07) is 7.50. The number of aromatic hydroxyl groups is 1. The molecule has 3 heterocycles. The molecule has 3 atom stereocenters. The molecule has 7 heteroatoms. The van der Waals surface area contributed by atoms with E-state index < -0.39 is 11.0 Å². The van der Waals surface area contributed by atoms with E-state index in [1.165, 1.54) is 12.8 Å². The number of hydrogen-bond acceptors (Lipinski definition) is 5. The smallest absolute Gasteiger partial charge is 0.244 e. The van der Waals surface area contributed by atoms with E-state index >= 15 is 0 Å². The van der Waals surface area contributed by atoms with Crippen molar-refractivity contribution < 1.29 is 15.0 Å². The summed E-state index contributed by atoms with van der Waals surface area (Å²) in [5.74, 6) is 1.03. The van der Waals surface area contributed by atoms with Gasteiger partial charge in [-0.3, -0.25) is 14.4 Å². The molecule has 0 bridgehead atoms. The van der Waals surface area contributed by atoms with Gasteiger partial charge in [0.25, 0.3) is 0 Å². The monoisotopic (exact) mass is 480 g/mol. The number of benzene rings is 1. The predicted octanol–water partition coefficient (Wildman–Crippen LogP) is 3.31. The van der Waals surface area contributed by atoms with Crippen LogP contribution < -0.4 is 0 Å². The first-order chi connectivity index (χ1) is 16.6. The van der Waals surface area contributed by atoms with Gasteiger partial charge in [0.1, 0.15) is 12.3 Å². The highest BCUT2D eigenvalue weighted by Crippen LogP contribution is 2.53. The van der Waals surface area contributed by atoms with Crippen molar-refractivity contribution in [3.63, 3.8) is 0 Å². The normalized spacial score (nSPS) is 29.6. The average Bonchev–Trinajstić information content (AvgIpc) is 3.59. The number of likely N-dealkylation sites (tertiary alicyclic amines) is 2. The standard InChI is InChI=1S/C28H40N4O3/c1-19-5-8-24(33)16-25(19)27-9-12-30(26(34)18-32-21(3)15-20(2)29-32)14-11-28(27,35)22(4)31(13-10-27)17-23-6-7-23/h5,8,15-16,22-23,33,35H,6-7,9-14,17-18H2,1-4H3. The Kier molecular flexibility index (Phi) is 6.20. The van der Waals surface area contributed by atoms with E-state index in [2.05, 4.69) is 23.8 Å². The number of fused-ring (bicyclic) bond motifs is 1. The first-order valence-corrected chi connectivity index (χ1v) is 13.2. The highest BCUT2D eigenvalue weighted by Gasteiger charge is 2.59. The molecule has 190 valence electrons. The van der Waals surface area contributed by atoms with Crippen LogP contribution in [0.15, 0.2) is 24.3 Å². The number of piperidine rings is 1. The zero-order valence-corrected chi connectivity index (χ0v) is 21.6. The van der Waals surface area contributed by atoms with Crippen LogP contribution in [0.25, 0.3) is 0 Å². The SMILES string of the molecule is Cc1cc(C)n(CC(=O)N2CCC3(c4cc(O)ccc4C)CCN(CC4CC4)C(C)C3(O)CC2)n1. The lowest BCUT2D eigenvalue weighted by Gasteiger charge is -2.57.